The van der Waals surface area contributed by atoms with E-state index in [0.717, 1.165) is 15.8 Å². The zero-order valence-electron chi connectivity index (χ0n) is 19.5. The second kappa shape index (κ2) is 8.28. The number of hydrogen-bond acceptors (Lipinski definition) is 5. The van der Waals surface area contributed by atoms with Gasteiger partial charge in [-0.15, -0.1) is 0 Å². The minimum absolute atomic E-state index is 0.200. The molecule has 0 fully saturated rings. The topological polar surface area (TPSA) is 92.5 Å². The fourth-order valence-corrected chi connectivity index (χ4v) is 4.50. The highest BCUT2D eigenvalue weighted by atomic mass is 35.5. The Labute approximate surface area is 204 Å². The van der Waals surface area contributed by atoms with Crippen LogP contribution in [0.25, 0.3) is 33.9 Å². The maximum atomic E-state index is 13.5. The fourth-order valence-electron chi connectivity index (χ4n) is 4.25. The summed E-state index contributed by atoms with van der Waals surface area (Å²) in [4.78, 5) is 43.3. The van der Waals surface area contributed by atoms with E-state index >= 15 is 0 Å². The molecular weight excluding hydrogens is 470 g/mol. The third-order valence-electron chi connectivity index (χ3n) is 6.24. The normalized spacial score (nSPS) is 12.4. The van der Waals surface area contributed by atoms with E-state index in [0.29, 0.717) is 22.2 Å². The lowest BCUT2D eigenvalue weighted by Gasteiger charge is -2.12. The summed E-state index contributed by atoms with van der Waals surface area (Å²) in [5.41, 5.74) is 1.58. The number of carbonyl (C=O) groups excluding carboxylic acids is 1. The van der Waals surface area contributed by atoms with Crippen LogP contribution < -0.4 is 16.0 Å². The van der Waals surface area contributed by atoms with Crippen molar-refractivity contribution in [1.82, 2.24) is 23.1 Å². The average Bonchev–Trinajstić information content (AvgIpc) is 3.39. The molecule has 0 spiro atoms. The van der Waals surface area contributed by atoms with E-state index < -0.39 is 17.3 Å². The summed E-state index contributed by atoms with van der Waals surface area (Å²) in [5, 5.41) is 0.414. The van der Waals surface area contributed by atoms with Crippen molar-refractivity contribution in [3.8, 4) is 22.7 Å². The molecule has 0 amide bonds. The highest BCUT2D eigenvalue weighted by molar-refractivity contribution is 6.32. The van der Waals surface area contributed by atoms with E-state index in [-0.39, 0.29) is 16.9 Å². The van der Waals surface area contributed by atoms with Gasteiger partial charge in [-0.3, -0.25) is 23.1 Å². The largest absolute Gasteiger partial charge is 0.495 e. The number of ketones is 1. The molecule has 0 saturated carbocycles. The molecule has 0 radical (unpaired) electrons. The lowest BCUT2D eigenvalue weighted by molar-refractivity contribution is -0.119. The lowest BCUT2D eigenvalue weighted by atomic mass is 10.1. The molecule has 35 heavy (non-hydrogen) atoms. The molecule has 5 rings (SSSR count). The van der Waals surface area contributed by atoms with E-state index in [1.807, 2.05) is 41.0 Å². The van der Waals surface area contributed by atoms with Crippen LogP contribution in [-0.2, 0) is 11.8 Å². The second-order valence-electron chi connectivity index (χ2n) is 8.29. The Morgan fingerprint density at radius 2 is 1.83 bits per heavy atom. The maximum absolute atomic E-state index is 13.5. The third-order valence-corrected chi connectivity index (χ3v) is 6.53. The summed E-state index contributed by atoms with van der Waals surface area (Å²) in [5.74, 6) is 0.650. The van der Waals surface area contributed by atoms with Crippen LogP contribution in [-0.4, -0.2) is 36.0 Å². The lowest BCUT2D eigenvalue weighted by Crippen LogP contribution is -2.42. The molecule has 3 aromatic heterocycles. The molecule has 1 atom stereocenters. The minimum atomic E-state index is -0.910. The van der Waals surface area contributed by atoms with E-state index in [9.17, 15) is 14.4 Å². The maximum Gasteiger partial charge on any atom is 0.333 e. The summed E-state index contributed by atoms with van der Waals surface area (Å²) >= 11 is 6.43. The first kappa shape index (κ1) is 22.7. The molecule has 0 N–H and O–H groups in total. The molecule has 0 bridgehead atoms. The van der Waals surface area contributed by atoms with Crippen molar-refractivity contribution in [1.29, 1.82) is 0 Å². The zero-order valence-corrected chi connectivity index (χ0v) is 20.3. The van der Waals surface area contributed by atoms with Crippen molar-refractivity contribution in [2.75, 3.05) is 7.11 Å². The first-order chi connectivity index (χ1) is 16.7. The molecular formula is C25H22ClN5O4. The number of benzene rings is 2. The molecule has 0 aliphatic heterocycles. The molecule has 178 valence electrons. The molecule has 9 nitrogen and oxygen atoms in total. The van der Waals surface area contributed by atoms with Gasteiger partial charge in [-0.05, 0) is 32.0 Å². The predicted molar refractivity (Wildman–Crippen MR) is 134 cm³/mol. The first-order valence-electron chi connectivity index (χ1n) is 10.9. The summed E-state index contributed by atoms with van der Waals surface area (Å²) in [6.07, 6.45) is 1.80. The Balaban J connectivity index is 1.93. The van der Waals surface area contributed by atoms with Crippen LogP contribution in [0.2, 0.25) is 5.02 Å². The third kappa shape index (κ3) is 3.38. The minimum Gasteiger partial charge on any atom is -0.495 e. The van der Waals surface area contributed by atoms with Crippen LogP contribution in [0.3, 0.4) is 0 Å². The van der Waals surface area contributed by atoms with Crippen LogP contribution in [0.1, 0.15) is 19.9 Å². The van der Waals surface area contributed by atoms with Gasteiger partial charge >= 0.3 is 5.69 Å². The van der Waals surface area contributed by atoms with Gasteiger partial charge in [-0.1, -0.05) is 41.9 Å². The Morgan fingerprint density at radius 1 is 1.11 bits per heavy atom. The summed E-state index contributed by atoms with van der Waals surface area (Å²) in [7, 11) is 3.08. The van der Waals surface area contributed by atoms with Crippen molar-refractivity contribution in [2.45, 2.75) is 19.9 Å². The van der Waals surface area contributed by atoms with E-state index in [4.69, 9.17) is 21.3 Å². The van der Waals surface area contributed by atoms with Crippen molar-refractivity contribution in [3.63, 3.8) is 0 Å². The van der Waals surface area contributed by atoms with Crippen LogP contribution >= 0.6 is 11.6 Å². The predicted octanol–water partition coefficient (Wildman–Crippen LogP) is 3.62. The molecule has 0 aliphatic carbocycles. The smallest absolute Gasteiger partial charge is 0.333 e. The van der Waals surface area contributed by atoms with Gasteiger partial charge in [0.2, 0.25) is 5.78 Å². The SMILES string of the molecule is COc1ccc(-n2c(-c3ccccc3)cn3c4c(=O)n(C(C)C(C)=O)c(=O)n(C)c4nc23)cc1Cl. The van der Waals surface area contributed by atoms with Crippen molar-refractivity contribution >= 4 is 34.3 Å². The van der Waals surface area contributed by atoms with Crippen molar-refractivity contribution < 1.29 is 9.53 Å². The van der Waals surface area contributed by atoms with Gasteiger partial charge in [-0.2, -0.15) is 4.98 Å². The molecule has 2 aromatic carbocycles. The number of aromatic nitrogens is 5. The molecule has 1 unspecified atom stereocenters. The number of halogens is 1. The highest BCUT2D eigenvalue weighted by Crippen LogP contribution is 2.32. The van der Waals surface area contributed by atoms with E-state index in [1.165, 1.54) is 25.5 Å². The van der Waals surface area contributed by atoms with Gasteiger partial charge in [0, 0.05) is 18.8 Å². The first-order valence-corrected chi connectivity index (χ1v) is 11.3. The Bertz CT molecular complexity index is 1740. The van der Waals surface area contributed by atoms with Crippen LogP contribution in [0.4, 0.5) is 0 Å². The van der Waals surface area contributed by atoms with E-state index in [2.05, 4.69) is 0 Å². The molecule has 5 aromatic rings. The highest BCUT2D eigenvalue weighted by Gasteiger charge is 2.25. The number of methoxy groups -OCH3 is 1. The molecule has 10 heteroatoms. The monoisotopic (exact) mass is 491 g/mol. The fraction of sp³-hybridized carbons (Fsp3) is 0.200. The average molecular weight is 492 g/mol. The zero-order chi connectivity index (χ0) is 25.0. The Kier molecular flexibility index (Phi) is 5.36. The number of imidazole rings is 2. The van der Waals surface area contributed by atoms with Gasteiger partial charge in [0.05, 0.1) is 29.6 Å². The molecule has 0 aliphatic rings. The van der Waals surface area contributed by atoms with Crippen LogP contribution in [0, 0.1) is 0 Å². The number of ether oxygens (including phenoxy) is 1. The number of aryl methyl sites for hydroxylation is 1. The number of carbonyl (C=O) groups is 1. The Morgan fingerprint density at radius 3 is 2.46 bits per heavy atom. The van der Waals surface area contributed by atoms with E-state index in [1.54, 1.807) is 29.8 Å². The van der Waals surface area contributed by atoms with Crippen molar-refractivity contribution in [3.05, 3.63) is 80.6 Å². The number of Topliss-reactive ketones (excluding diaryl/α,β-unsaturated/α-hetero) is 1. The summed E-state index contributed by atoms with van der Waals surface area (Å²) < 4.78 is 11.1. The second-order valence-corrected chi connectivity index (χ2v) is 8.70. The van der Waals surface area contributed by atoms with Gasteiger partial charge < -0.3 is 4.74 Å². The standard InChI is InChI=1S/C25H22ClN5O4/c1-14(15(2)32)30-23(33)21-22(28(3)25(30)34)27-24-29(21)13-19(16-8-6-5-7-9-16)31(24)17-10-11-20(35-4)18(26)12-17/h5-14H,1-4H3. The molecule has 0 saturated heterocycles. The number of nitrogens with zero attached hydrogens (tertiary/aromatic N) is 5. The molecule has 3 heterocycles. The quantitative estimate of drug-likeness (QED) is 0.374. The van der Waals surface area contributed by atoms with Gasteiger partial charge in [0.15, 0.2) is 16.9 Å². The van der Waals surface area contributed by atoms with Crippen LogP contribution in [0.5, 0.6) is 5.75 Å². The van der Waals surface area contributed by atoms with Gasteiger partial charge in [0.1, 0.15) is 5.75 Å². The number of hydrogen-bond donors (Lipinski definition) is 0. The summed E-state index contributed by atoms with van der Waals surface area (Å²) in [6, 6.07) is 14.1. The summed E-state index contributed by atoms with van der Waals surface area (Å²) in [6.45, 7) is 2.89. The number of rotatable bonds is 5. The van der Waals surface area contributed by atoms with Gasteiger partial charge in [0.25, 0.3) is 5.56 Å². The van der Waals surface area contributed by atoms with Crippen molar-refractivity contribution in [2.24, 2.45) is 7.05 Å². The number of fused-ring (bicyclic) bond motifs is 3. The van der Waals surface area contributed by atoms with Crippen LogP contribution in [0.15, 0.2) is 64.3 Å². The van der Waals surface area contributed by atoms with Gasteiger partial charge in [-0.25, -0.2) is 9.36 Å². The Hall–Kier alpha value is -4.11.